The Balaban J connectivity index is 3.97. The summed E-state index contributed by atoms with van der Waals surface area (Å²) in [5, 5.41) is 5.22. The molecule has 0 saturated carbocycles. The van der Waals surface area contributed by atoms with Crippen LogP contribution in [-0.2, 0) is 9.53 Å². The fourth-order valence-electron chi connectivity index (χ4n) is 1.11. The predicted octanol–water partition coefficient (Wildman–Crippen LogP) is 0.577. The molecule has 0 fully saturated rings. The molecule has 0 aromatic heterocycles. The zero-order chi connectivity index (χ0) is 14.3. The SMILES string of the molecule is C[C@@H](NC(=O)OC(C)(C)C)C(=O)NCCN(C)C. The summed E-state index contributed by atoms with van der Waals surface area (Å²) in [6.07, 6.45) is -0.585. The maximum atomic E-state index is 11.6. The lowest BCUT2D eigenvalue weighted by Gasteiger charge is -2.21. The molecule has 0 aliphatic heterocycles. The molecule has 106 valence electrons. The van der Waals surface area contributed by atoms with E-state index in [0.29, 0.717) is 6.54 Å². The highest BCUT2D eigenvalue weighted by Gasteiger charge is 2.20. The number of nitrogens with one attached hydrogen (secondary N) is 2. The van der Waals surface area contributed by atoms with Crippen molar-refractivity contribution in [3.05, 3.63) is 0 Å². The van der Waals surface area contributed by atoms with Crippen LogP contribution in [0.4, 0.5) is 4.79 Å². The Hall–Kier alpha value is -1.30. The Labute approximate surface area is 109 Å². The van der Waals surface area contributed by atoms with Gasteiger partial charge < -0.3 is 20.3 Å². The molecule has 0 aliphatic rings. The van der Waals surface area contributed by atoms with Gasteiger partial charge in [0.2, 0.25) is 5.91 Å². The number of likely N-dealkylation sites (N-methyl/N-ethyl adjacent to an activating group) is 1. The molecule has 18 heavy (non-hydrogen) atoms. The van der Waals surface area contributed by atoms with Gasteiger partial charge >= 0.3 is 6.09 Å². The Morgan fingerprint density at radius 2 is 1.83 bits per heavy atom. The van der Waals surface area contributed by atoms with E-state index in [0.717, 1.165) is 6.54 Å². The Morgan fingerprint density at radius 3 is 2.28 bits per heavy atom. The Morgan fingerprint density at radius 1 is 1.28 bits per heavy atom. The van der Waals surface area contributed by atoms with E-state index in [-0.39, 0.29) is 5.91 Å². The van der Waals surface area contributed by atoms with Gasteiger partial charge in [0.15, 0.2) is 0 Å². The molecule has 2 amide bonds. The van der Waals surface area contributed by atoms with Gasteiger partial charge in [0.1, 0.15) is 11.6 Å². The van der Waals surface area contributed by atoms with Gasteiger partial charge in [0.05, 0.1) is 0 Å². The highest BCUT2D eigenvalue weighted by atomic mass is 16.6. The van der Waals surface area contributed by atoms with Gasteiger partial charge in [0, 0.05) is 13.1 Å². The average Bonchev–Trinajstić information content (AvgIpc) is 2.13. The first-order valence-electron chi connectivity index (χ1n) is 6.04. The van der Waals surface area contributed by atoms with Crippen LogP contribution in [0.25, 0.3) is 0 Å². The van der Waals surface area contributed by atoms with Crippen LogP contribution in [0.2, 0.25) is 0 Å². The van der Waals surface area contributed by atoms with Crippen molar-refractivity contribution in [1.82, 2.24) is 15.5 Å². The summed E-state index contributed by atoms with van der Waals surface area (Å²) in [7, 11) is 3.85. The van der Waals surface area contributed by atoms with Crippen LogP contribution in [0.3, 0.4) is 0 Å². The second-order valence-electron chi connectivity index (χ2n) is 5.46. The first-order chi connectivity index (χ1) is 8.11. The average molecular weight is 259 g/mol. The molecule has 0 unspecified atom stereocenters. The van der Waals surface area contributed by atoms with E-state index in [1.807, 2.05) is 19.0 Å². The van der Waals surface area contributed by atoms with Gasteiger partial charge in [-0.25, -0.2) is 4.79 Å². The molecule has 1 atom stereocenters. The highest BCUT2D eigenvalue weighted by molar-refractivity contribution is 5.85. The van der Waals surface area contributed by atoms with Crippen molar-refractivity contribution >= 4 is 12.0 Å². The summed E-state index contributed by atoms with van der Waals surface area (Å²) in [4.78, 5) is 25.0. The van der Waals surface area contributed by atoms with E-state index in [1.165, 1.54) is 0 Å². The number of carbonyl (C=O) groups excluding carboxylic acids is 2. The molecule has 0 aromatic carbocycles. The standard InChI is InChI=1S/C12H25N3O3/c1-9(10(16)13-7-8-15(5)6)14-11(17)18-12(2,3)4/h9H,7-8H2,1-6H3,(H,13,16)(H,14,17)/t9-/m1/s1. The second-order valence-corrected chi connectivity index (χ2v) is 5.46. The fourth-order valence-corrected chi connectivity index (χ4v) is 1.11. The molecular weight excluding hydrogens is 234 g/mol. The van der Waals surface area contributed by atoms with E-state index < -0.39 is 17.7 Å². The third-order valence-electron chi connectivity index (χ3n) is 1.98. The molecule has 0 spiro atoms. The third kappa shape index (κ3) is 8.81. The summed E-state index contributed by atoms with van der Waals surface area (Å²) in [6, 6.07) is -0.609. The van der Waals surface area contributed by atoms with Crippen molar-refractivity contribution < 1.29 is 14.3 Å². The van der Waals surface area contributed by atoms with Crippen LogP contribution >= 0.6 is 0 Å². The Bertz CT molecular complexity index is 285. The zero-order valence-corrected chi connectivity index (χ0v) is 12.2. The number of ether oxygens (including phenoxy) is 1. The number of amides is 2. The van der Waals surface area contributed by atoms with Crippen LogP contribution in [-0.4, -0.2) is 55.7 Å². The van der Waals surface area contributed by atoms with E-state index in [2.05, 4.69) is 10.6 Å². The molecule has 6 nitrogen and oxygen atoms in total. The van der Waals surface area contributed by atoms with Gasteiger partial charge in [-0.3, -0.25) is 4.79 Å². The molecule has 0 rings (SSSR count). The number of nitrogens with zero attached hydrogens (tertiary/aromatic N) is 1. The van der Waals surface area contributed by atoms with Crippen molar-refractivity contribution in [2.24, 2.45) is 0 Å². The van der Waals surface area contributed by atoms with Gasteiger partial charge in [-0.2, -0.15) is 0 Å². The maximum absolute atomic E-state index is 11.6. The monoisotopic (exact) mass is 259 g/mol. The van der Waals surface area contributed by atoms with Gasteiger partial charge in [-0.05, 0) is 41.8 Å². The van der Waals surface area contributed by atoms with Gasteiger partial charge in [-0.1, -0.05) is 0 Å². The second kappa shape index (κ2) is 7.20. The minimum absolute atomic E-state index is 0.220. The first-order valence-corrected chi connectivity index (χ1v) is 6.04. The summed E-state index contributed by atoms with van der Waals surface area (Å²) in [5.74, 6) is -0.220. The van der Waals surface area contributed by atoms with Gasteiger partial charge in [-0.15, -0.1) is 0 Å². The van der Waals surface area contributed by atoms with Crippen LogP contribution in [0.1, 0.15) is 27.7 Å². The largest absolute Gasteiger partial charge is 0.444 e. The first kappa shape index (κ1) is 16.7. The molecular formula is C12H25N3O3. The van der Waals surface area contributed by atoms with Crippen molar-refractivity contribution in [2.75, 3.05) is 27.2 Å². The van der Waals surface area contributed by atoms with Crippen LogP contribution < -0.4 is 10.6 Å². The number of hydrogen-bond donors (Lipinski definition) is 2. The summed E-state index contributed by atoms with van der Waals surface area (Å²) in [5.41, 5.74) is -0.564. The van der Waals surface area contributed by atoms with E-state index in [4.69, 9.17) is 4.74 Å². The van der Waals surface area contributed by atoms with Crippen molar-refractivity contribution in [1.29, 1.82) is 0 Å². The minimum atomic E-state index is -0.609. The summed E-state index contributed by atoms with van der Waals surface area (Å²) < 4.78 is 5.06. The number of rotatable bonds is 5. The quantitative estimate of drug-likeness (QED) is 0.757. The molecule has 2 N–H and O–H groups in total. The lowest BCUT2D eigenvalue weighted by Crippen LogP contribution is -2.47. The van der Waals surface area contributed by atoms with E-state index in [1.54, 1.807) is 27.7 Å². The summed E-state index contributed by atoms with van der Waals surface area (Å²) >= 11 is 0. The van der Waals surface area contributed by atoms with Crippen LogP contribution in [0.15, 0.2) is 0 Å². The smallest absolute Gasteiger partial charge is 0.408 e. The van der Waals surface area contributed by atoms with Gasteiger partial charge in [0.25, 0.3) is 0 Å². The predicted molar refractivity (Wildman–Crippen MR) is 70.4 cm³/mol. The highest BCUT2D eigenvalue weighted by Crippen LogP contribution is 2.06. The maximum Gasteiger partial charge on any atom is 0.408 e. The molecule has 0 heterocycles. The molecule has 0 bridgehead atoms. The van der Waals surface area contributed by atoms with E-state index in [9.17, 15) is 9.59 Å². The van der Waals surface area contributed by atoms with Crippen LogP contribution in [0.5, 0.6) is 0 Å². The molecule has 6 heteroatoms. The topological polar surface area (TPSA) is 70.7 Å². The third-order valence-corrected chi connectivity index (χ3v) is 1.98. The lowest BCUT2D eigenvalue weighted by atomic mass is 10.2. The van der Waals surface area contributed by atoms with E-state index >= 15 is 0 Å². The normalized spacial score (nSPS) is 13.1. The number of carbonyl (C=O) groups is 2. The van der Waals surface area contributed by atoms with Crippen LogP contribution in [0, 0.1) is 0 Å². The number of alkyl carbamates (subject to hydrolysis) is 1. The summed E-state index contributed by atoms with van der Waals surface area (Å²) in [6.45, 7) is 8.24. The molecule has 0 aliphatic carbocycles. The molecule has 0 aromatic rings. The Kier molecular flexibility index (Phi) is 6.68. The number of hydrogen-bond acceptors (Lipinski definition) is 4. The minimum Gasteiger partial charge on any atom is -0.444 e. The fraction of sp³-hybridized carbons (Fsp3) is 0.833. The van der Waals surface area contributed by atoms with Crippen molar-refractivity contribution in [2.45, 2.75) is 39.3 Å². The van der Waals surface area contributed by atoms with Crippen molar-refractivity contribution in [3.8, 4) is 0 Å². The molecule has 0 saturated heterocycles. The lowest BCUT2D eigenvalue weighted by molar-refractivity contribution is -0.122. The molecule has 0 radical (unpaired) electrons. The zero-order valence-electron chi connectivity index (χ0n) is 12.2. The van der Waals surface area contributed by atoms with Crippen molar-refractivity contribution in [3.63, 3.8) is 0 Å².